The zero-order valence-corrected chi connectivity index (χ0v) is 15.1. The van der Waals surface area contributed by atoms with E-state index in [0.717, 1.165) is 38.3 Å². The van der Waals surface area contributed by atoms with Gasteiger partial charge in [0.1, 0.15) is 11.6 Å². The number of halogens is 1. The number of ether oxygens (including phenoxy) is 1. The van der Waals surface area contributed by atoms with Gasteiger partial charge in [0, 0.05) is 38.7 Å². The maximum Gasteiger partial charge on any atom is 0.268 e. The Hall–Kier alpha value is -2.41. The highest BCUT2D eigenvalue weighted by molar-refractivity contribution is 5.43. The summed E-state index contributed by atoms with van der Waals surface area (Å²) in [6, 6.07) is 7.57. The first-order valence-corrected chi connectivity index (χ1v) is 9.01. The van der Waals surface area contributed by atoms with Crippen molar-refractivity contribution in [3.63, 3.8) is 0 Å². The Morgan fingerprint density at radius 2 is 1.96 bits per heavy atom. The van der Waals surface area contributed by atoms with Crippen LogP contribution in [0.4, 0.5) is 10.1 Å². The Morgan fingerprint density at radius 3 is 2.73 bits per heavy atom. The molecule has 0 bridgehead atoms. The molecule has 1 aromatic carbocycles. The molecule has 1 fully saturated rings. The normalized spacial score (nSPS) is 15.7. The van der Waals surface area contributed by atoms with E-state index in [1.807, 2.05) is 0 Å². The van der Waals surface area contributed by atoms with Gasteiger partial charge in [-0.05, 0) is 44.3 Å². The first-order chi connectivity index (χ1) is 12.6. The van der Waals surface area contributed by atoms with Crippen LogP contribution in [0.2, 0.25) is 0 Å². The fraction of sp³-hybridized carbons (Fsp3) is 0.474. The summed E-state index contributed by atoms with van der Waals surface area (Å²) < 4.78 is 19.8. The maximum absolute atomic E-state index is 12.8. The van der Waals surface area contributed by atoms with Crippen molar-refractivity contribution in [3.8, 4) is 5.75 Å². The summed E-state index contributed by atoms with van der Waals surface area (Å²) in [6.45, 7) is 4.86. The highest BCUT2D eigenvalue weighted by atomic mass is 19.1. The zero-order chi connectivity index (χ0) is 18.4. The molecule has 7 heteroatoms. The Balaban J connectivity index is 1.51. The number of rotatable bonds is 6. The predicted molar refractivity (Wildman–Crippen MR) is 99.3 cm³/mol. The van der Waals surface area contributed by atoms with Crippen LogP contribution in [-0.4, -0.2) is 54.5 Å². The average Bonchev–Trinajstić information content (AvgIpc) is 2.86. The quantitative estimate of drug-likeness (QED) is 0.738. The van der Waals surface area contributed by atoms with E-state index >= 15 is 0 Å². The Bertz CT molecular complexity index is 763. The molecule has 2 aromatic rings. The number of aryl methyl sites for hydroxylation is 1. The van der Waals surface area contributed by atoms with Gasteiger partial charge in [-0.1, -0.05) is 0 Å². The molecule has 26 heavy (non-hydrogen) atoms. The van der Waals surface area contributed by atoms with E-state index < -0.39 is 0 Å². The number of hydrogen-bond donors (Lipinski definition) is 0. The third-order valence-corrected chi connectivity index (χ3v) is 4.54. The molecule has 1 aliphatic heterocycles. The zero-order valence-electron chi connectivity index (χ0n) is 15.1. The van der Waals surface area contributed by atoms with E-state index in [2.05, 4.69) is 21.9 Å². The van der Waals surface area contributed by atoms with Crippen molar-refractivity contribution >= 4 is 5.69 Å². The standard InChI is InChI=1S/C19H25FN4O2/c1-22-8-2-9-23(12-11-22)17-14-19(25)24(21-15-17)10-3-13-26-18-6-4-16(20)5-7-18/h4-7,14-15H,2-3,8-13H2,1H3. The topological polar surface area (TPSA) is 50.6 Å². The van der Waals surface area contributed by atoms with Crippen LogP contribution in [0.3, 0.4) is 0 Å². The molecular formula is C19H25FN4O2. The van der Waals surface area contributed by atoms with E-state index in [9.17, 15) is 9.18 Å². The number of nitrogens with zero attached hydrogens (tertiary/aromatic N) is 4. The fourth-order valence-corrected chi connectivity index (χ4v) is 3.00. The number of hydrogen-bond acceptors (Lipinski definition) is 5. The molecule has 0 N–H and O–H groups in total. The second-order valence-corrected chi connectivity index (χ2v) is 6.57. The average molecular weight is 360 g/mol. The lowest BCUT2D eigenvalue weighted by Crippen LogP contribution is -2.31. The summed E-state index contributed by atoms with van der Waals surface area (Å²) in [6.07, 6.45) is 3.51. The van der Waals surface area contributed by atoms with Crippen molar-refractivity contribution in [2.75, 3.05) is 44.7 Å². The third kappa shape index (κ3) is 5.05. The molecule has 1 saturated heterocycles. The number of aromatic nitrogens is 2. The Kier molecular flexibility index (Phi) is 6.22. The molecule has 6 nitrogen and oxygen atoms in total. The van der Waals surface area contributed by atoms with Crippen molar-refractivity contribution in [3.05, 3.63) is 52.7 Å². The summed E-state index contributed by atoms with van der Waals surface area (Å²) >= 11 is 0. The summed E-state index contributed by atoms with van der Waals surface area (Å²) in [5.41, 5.74) is 0.797. The van der Waals surface area contributed by atoms with Gasteiger partial charge >= 0.3 is 0 Å². The Morgan fingerprint density at radius 1 is 1.15 bits per heavy atom. The second kappa shape index (κ2) is 8.80. The summed E-state index contributed by atoms with van der Waals surface area (Å²) in [5.74, 6) is 0.331. The molecule has 1 aromatic heterocycles. The van der Waals surface area contributed by atoms with Crippen LogP contribution in [0, 0.1) is 5.82 Å². The van der Waals surface area contributed by atoms with Crippen LogP contribution < -0.4 is 15.2 Å². The van der Waals surface area contributed by atoms with E-state index in [0.29, 0.717) is 25.3 Å². The number of likely N-dealkylation sites (N-methyl/N-ethyl adjacent to an activating group) is 1. The smallest absolute Gasteiger partial charge is 0.268 e. The second-order valence-electron chi connectivity index (χ2n) is 6.57. The van der Waals surface area contributed by atoms with Gasteiger partial charge < -0.3 is 14.5 Å². The first kappa shape index (κ1) is 18.4. The SMILES string of the molecule is CN1CCCN(c2cnn(CCCOc3ccc(F)cc3)c(=O)c2)CC1. The van der Waals surface area contributed by atoms with Crippen LogP contribution in [-0.2, 0) is 6.54 Å². The molecular weight excluding hydrogens is 335 g/mol. The van der Waals surface area contributed by atoms with Gasteiger partial charge in [0.25, 0.3) is 5.56 Å². The van der Waals surface area contributed by atoms with Crippen molar-refractivity contribution in [1.82, 2.24) is 14.7 Å². The van der Waals surface area contributed by atoms with E-state index in [-0.39, 0.29) is 11.4 Å². The van der Waals surface area contributed by atoms with E-state index in [1.165, 1.54) is 16.8 Å². The minimum atomic E-state index is -0.288. The van der Waals surface area contributed by atoms with Gasteiger partial charge in [-0.15, -0.1) is 0 Å². The van der Waals surface area contributed by atoms with Crippen LogP contribution in [0.5, 0.6) is 5.75 Å². The van der Waals surface area contributed by atoms with Crippen molar-refractivity contribution in [2.45, 2.75) is 19.4 Å². The van der Waals surface area contributed by atoms with E-state index in [4.69, 9.17) is 4.74 Å². The molecule has 0 amide bonds. The van der Waals surface area contributed by atoms with Crippen LogP contribution >= 0.6 is 0 Å². The Labute approximate surface area is 152 Å². The minimum Gasteiger partial charge on any atom is -0.494 e. The van der Waals surface area contributed by atoms with Gasteiger partial charge in [0.2, 0.25) is 0 Å². The molecule has 0 atom stereocenters. The molecule has 2 heterocycles. The van der Waals surface area contributed by atoms with Crippen molar-refractivity contribution in [2.24, 2.45) is 0 Å². The molecule has 0 unspecified atom stereocenters. The molecule has 1 aliphatic rings. The number of benzene rings is 1. The number of anilines is 1. The molecule has 0 radical (unpaired) electrons. The predicted octanol–water partition coefficient (Wildman–Crippen LogP) is 1.99. The van der Waals surface area contributed by atoms with Crippen molar-refractivity contribution in [1.29, 1.82) is 0 Å². The third-order valence-electron chi connectivity index (χ3n) is 4.54. The van der Waals surface area contributed by atoms with Crippen LogP contribution in [0.15, 0.2) is 41.3 Å². The molecule has 0 aliphatic carbocycles. The van der Waals surface area contributed by atoms with Crippen LogP contribution in [0.1, 0.15) is 12.8 Å². The summed E-state index contributed by atoms with van der Waals surface area (Å²) in [5, 5.41) is 4.30. The lowest BCUT2D eigenvalue weighted by atomic mass is 10.3. The molecule has 140 valence electrons. The molecule has 3 rings (SSSR count). The lowest BCUT2D eigenvalue weighted by molar-refractivity contribution is 0.296. The minimum absolute atomic E-state index is 0.0955. The lowest BCUT2D eigenvalue weighted by Gasteiger charge is -2.22. The maximum atomic E-state index is 12.8. The van der Waals surface area contributed by atoms with Gasteiger partial charge in [0.05, 0.1) is 18.5 Å². The molecule has 0 spiro atoms. The monoisotopic (exact) mass is 360 g/mol. The van der Waals surface area contributed by atoms with E-state index in [1.54, 1.807) is 24.4 Å². The summed E-state index contributed by atoms with van der Waals surface area (Å²) in [4.78, 5) is 16.8. The van der Waals surface area contributed by atoms with Gasteiger partial charge in [-0.25, -0.2) is 9.07 Å². The van der Waals surface area contributed by atoms with Gasteiger partial charge in [-0.2, -0.15) is 5.10 Å². The fourth-order valence-electron chi connectivity index (χ4n) is 3.00. The van der Waals surface area contributed by atoms with Crippen molar-refractivity contribution < 1.29 is 9.13 Å². The largest absolute Gasteiger partial charge is 0.494 e. The van der Waals surface area contributed by atoms with Gasteiger partial charge in [0.15, 0.2) is 0 Å². The summed E-state index contributed by atoms with van der Waals surface area (Å²) in [7, 11) is 2.12. The highest BCUT2D eigenvalue weighted by Gasteiger charge is 2.13. The molecule has 0 saturated carbocycles. The van der Waals surface area contributed by atoms with Gasteiger partial charge in [-0.3, -0.25) is 4.79 Å². The highest BCUT2D eigenvalue weighted by Crippen LogP contribution is 2.13. The first-order valence-electron chi connectivity index (χ1n) is 9.01. The van der Waals surface area contributed by atoms with Crippen LogP contribution in [0.25, 0.3) is 0 Å².